The molecule has 31 heavy (non-hydrogen) atoms. The topological polar surface area (TPSA) is 83.8 Å². The molecule has 1 saturated heterocycles. The van der Waals surface area contributed by atoms with Crippen molar-refractivity contribution in [3.63, 3.8) is 0 Å². The van der Waals surface area contributed by atoms with Gasteiger partial charge < -0.3 is 9.80 Å². The molecule has 0 saturated carbocycles. The minimum Gasteiger partial charge on any atom is -0.337 e. The maximum absolute atomic E-state index is 13.2. The van der Waals surface area contributed by atoms with Crippen LogP contribution in [0.25, 0.3) is 0 Å². The summed E-state index contributed by atoms with van der Waals surface area (Å²) in [5.74, 6) is -1.82. The van der Waals surface area contributed by atoms with E-state index in [9.17, 15) is 32.9 Å². The monoisotopic (exact) mass is 455 g/mol. The number of benzene rings is 1. The second-order valence-electron chi connectivity index (χ2n) is 7.26. The molecule has 11 heteroatoms. The summed E-state index contributed by atoms with van der Waals surface area (Å²) in [4.78, 5) is 38.8. The number of piperidine rings is 1. The molecular formula is C20H20F3N3O4S. The number of nitro groups is 1. The Bertz CT molecular complexity index is 949. The SMILES string of the molecule is O=C(c1cccs1)N1CCCC(C(=O)N(Cc2ccccc2[N+](=O)[O-])CC(F)(F)F)C1. The number of likely N-dealkylation sites (tertiary alicyclic amines) is 1. The van der Waals surface area contributed by atoms with Gasteiger partial charge in [0.05, 0.1) is 22.3 Å². The molecule has 1 aliphatic rings. The highest BCUT2D eigenvalue weighted by Gasteiger charge is 2.38. The molecule has 1 aromatic carbocycles. The summed E-state index contributed by atoms with van der Waals surface area (Å²) in [5.41, 5.74) is -0.326. The lowest BCUT2D eigenvalue weighted by Crippen LogP contribution is -2.48. The molecule has 0 N–H and O–H groups in total. The second-order valence-corrected chi connectivity index (χ2v) is 8.21. The van der Waals surface area contributed by atoms with E-state index in [0.717, 1.165) is 0 Å². The van der Waals surface area contributed by atoms with Crippen LogP contribution in [0.15, 0.2) is 41.8 Å². The first-order valence-corrected chi connectivity index (χ1v) is 10.4. The van der Waals surface area contributed by atoms with Crippen molar-refractivity contribution in [1.29, 1.82) is 0 Å². The Morgan fingerprint density at radius 2 is 1.97 bits per heavy atom. The van der Waals surface area contributed by atoms with Crippen LogP contribution in [0.4, 0.5) is 18.9 Å². The van der Waals surface area contributed by atoms with E-state index in [1.165, 1.54) is 40.5 Å². The fourth-order valence-electron chi connectivity index (χ4n) is 3.63. The average Bonchev–Trinajstić information content (AvgIpc) is 3.26. The molecule has 3 rings (SSSR count). The van der Waals surface area contributed by atoms with Crippen LogP contribution in [0.3, 0.4) is 0 Å². The van der Waals surface area contributed by atoms with E-state index in [-0.39, 0.29) is 23.7 Å². The van der Waals surface area contributed by atoms with Crippen molar-refractivity contribution in [1.82, 2.24) is 9.80 Å². The molecule has 2 heterocycles. The van der Waals surface area contributed by atoms with Gasteiger partial charge >= 0.3 is 6.18 Å². The van der Waals surface area contributed by atoms with E-state index in [1.807, 2.05) is 0 Å². The van der Waals surface area contributed by atoms with E-state index in [1.54, 1.807) is 17.5 Å². The third kappa shape index (κ3) is 5.81. The number of amides is 2. The zero-order valence-corrected chi connectivity index (χ0v) is 17.2. The zero-order valence-electron chi connectivity index (χ0n) is 16.4. The van der Waals surface area contributed by atoms with Gasteiger partial charge in [-0.2, -0.15) is 13.2 Å². The van der Waals surface area contributed by atoms with Gasteiger partial charge in [-0.05, 0) is 24.3 Å². The Kier molecular flexibility index (Phi) is 6.94. The summed E-state index contributed by atoms with van der Waals surface area (Å²) in [6.45, 7) is -1.62. The molecule has 1 aliphatic heterocycles. The van der Waals surface area contributed by atoms with Gasteiger partial charge in [0.2, 0.25) is 5.91 Å². The first kappa shape index (κ1) is 22.7. The van der Waals surface area contributed by atoms with Crippen LogP contribution in [0.2, 0.25) is 0 Å². The van der Waals surface area contributed by atoms with Gasteiger partial charge in [0.1, 0.15) is 6.54 Å². The van der Waals surface area contributed by atoms with Crippen molar-refractivity contribution < 1.29 is 27.7 Å². The predicted molar refractivity (Wildman–Crippen MR) is 108 cm³/mol. The molecule has 1 atom stereocenters. The molecule has 0 bridgehead atoms. The molecule has 1 aromatic heterocycles. The minimum absolute atomic E-state index is 0.0147. The van der Waals surface area contributed by atoms with Gasteiger partial charge in [-0.25, -0.2) is 0 Å². The molecule has 2 aromatic rings. The number of para-hydroxylation sites is 1. The molecule has 0 spiro atoms. The number of nitro benzene ring substituents is 1. The highest BCUT2D eigenvalue weighted by atomic mass is 32.1. The minimum atomic E-state index is -4.67. The highest BCUT2D eigenvalue weighted by molar-refractivity contribution is 7.12. The number of carbonyl (C=O) groups is 2. The predicted octanol–water partition coefficient (Wildman–Crippen LogP) is 4.10. The molecule has 0 radical (unpaired) electrons. The largest absolute Gasteiger partial charge is 0.406 e. The second kappa shape index (κ2) is 9.46. The van der Waals surface area contributed by atoms with Gasteiger partial charge in [0, 0.05) is 24.7 Å². The van der Waals surface area contributed by atoms with Crippen molar-refractivity contribution >= 4 is 28.8 Å². The van der Waals surface area contributed by atoms with E-state index >= 15 is 0 Å². The first-order valence-electron chi connectivity index (χ1n) is 9.56. The lowest BCUT2D eigenvalue weighted by molar-refractivity contribution is -0.385. The third-order valence-corrected chi connectivity index (χ3v) is 5.88. The summed E-state index contributed by atoms with van der Waals surface area (Å²) in [7, 11) is 0. The molecule has 2 amide bonds. The number of alkyl halides is 3. The first-order chi connectivity index (χ1) is 14.7. The Balaban J connectivity index is 1.80. The van der Waals surface area contributed by atoms with Crippen molar-refractivity contribution in [3.8, 4) is 0 Å². The maximum Gasteiger partial charge on any atom is 0.406 e. The van der Waals surface area contributed by atoms with E-state index in [0.29, 0.717) is 29.2 Å². The van der Waals surface area contributed by atoms with Crippen LogP contribution in [0.1, 0.15) is 28.1 Å². The molecule has 7 nitrogen and oxygen atoms in total. The van der Waals surface area contributed by atoms with Gasteiger partial charge in [0.25, 0.3) is 11.6 Å². The van der Waals surface area contributed by atoms with Crippen LogP contribution in [0.5, 0.6) is 0 Å². The van der Waals surface area contributed by atoms with Crippen LogP contribution < -0.4 is 0 Å². The van der Waals surface area contributed by atoms with Gasteiger partial charge in [0.15, 0.2) is 0 Å². The fourth-order valence-corrected chi connectivity index (χ4v) is 4.32. The van der Waals surface area contributed by atoms with Crippen LogP contribution in [-0.4, -0.2) is 52.3 Å². The van der Waals surface area contributed by atoms with E-state index in [4.69, 9.17) is 0 Å². The summed E-state index contributed by atoms with van der Waals surface area (Å²) >= 11 is 1.26. The number of nitrogens with zero attached hydrogens (tertiary/aromatic N) is 3. The third-order valence-electron chi connectivity index (χ3n) is 5.02. The van der Waals surface area contributed by atoms with Crippen molar-refractivity contribution in [3.05, 3.63) is 62.3 Å². The Hall–Kier alpha value is -2.95. The van der Waals surface area contributed by atoms with Gasteiger partial charge in [-0.1, -0.05) is 24.3 Å². The number of halogens is 3. The summed E-state index contributed by atoms with van der Waals surface area (Å²) < 4.78 is 39.6. The molecule has 1 unspecified atom stereocenters. The van der Waals surface area contributed by atoms with Crippen molar-refractivity contribution in [2.45, 2.75) is 25.6 Å². The number of hydrogen-bond donors (Lipinski definition) is 0. The average molecular weight is 455 g/mol. The van der Waals surface area contributed by atoms with Crippen molar-refractivity contribution in [2.75, 3.05) is 19.6 Å². The number of carbonyl (C=O) groups excluding carboxylic acids is 2. The number of thiophene rings is 1. The molecule has 0 aliphatic carbocycles. The van der Waals surface area contributed by atoms with Crippen LogP contribution in [-0.2, 0) is 11.3 Å². The quantitative estimate of drug-likeness (QED) is 0.485. The Labute approximate surface area is 180 Å². The Morgan fingerprint density at radius 3 is 2.61 bits per heavy atom. The molecular weight excluding hydrogens is 435 g/mol. The van der Waals surface area contributed by atoms with E-state index < -0.39 is 36.0 Å². The normalized spacial score (nSPS) is 16.7. The maximum atomic E-state index is 13.2. The van der Waals surface area contributed by atoms with Crippen LogP contribution in [0, 0.1) is 16.0 Å². The molecule has 1 fully saturated rings. The van der Waals surface area contributed by atoms with Gasteiger partial charge in [-0.15, -0.1) is 11.3 Å². The standard InChI is InChI=1S/C20H20F3N3O4S/c21-20(22,23)13-25(11-14-5-1-2-7-16(14)26(29)30)18(27)15-6-3-9-24(12-15)19(28)17-8-4-10-31-17/h1-2,4-5,7-8,10,15H,3,6,9,11-13H2. The summed E-state index contributed by atoms with van der Waals surface area (Å²) in [6.07, 6.45) is -3.84. The summed E-state index contributed by atoms with van der Waals surface area (Å²) in [6, 6.07) is 8.79. The fraction of sp³-hybridized carbons (Fsp3) is 0.400. The van der Waals surface area contributed by atoms with Gasteiger partial charge in [-0.3, -0.25) is 19.7 Å². The molecule has 166 valence electrons. The Morgan fingerprint density at radius 1 is 1.23 bits per heavy atom. The van der Waals surface area contributed by atoms with E-state index in [2.05, 4.69) is 0 Å². The number of hydrogen-bond acceptors (Lipinski definition) is 5. The lowest BCUT2D eigenvalue weighted by Gasteiger charge is -2.35. The lowest BCUT2D eigenvalue weighted by atomic mass is 9.96. The van der Waals surface area contributed by atoms with Crippen LogP contribution >= 0.6 is 11.3 Å². The smallest absolute Gasteiger partial charge is 0.337 e. The van der Waals surface area contributed by atoms with Crippen molar-refractivity contribution in [2.24, 2.45) is 5.92 Å². The zero-order chi connectivity index (χ0) is 22.6. The summed E-state index contributed by atoms with van der Waals surface area (Å²) in [5, 5.41) is 13.0. The highest BCUT2D eigenvalue weighted by Crippen LogP contribution is 2.27. The number of rotatable bonds is 6.